The Morgan fingerprint density at radius 2 is 1.92 bits per heavy atom. The molecule has 24 heavy (non-hydrogen) atoms. The van der Waals surface area contributed by atoms with E-state index in [0.29, 0.717) is 24.5 Å². The van der Waals surface area contributed by atoms with E-state index in [1.54, 1.807) is 30.5 Å². The average molecular weight is 329 g/mol. The first kappa shape index (κ1) is 17.7. The van der Waals surface area contributed by atoms with Crippen LogP contribution in [0.4, 0.5) is 5.82 Å². The van der Waals surface area contributed by atoms with E-state index >= 15 is 0 Å². The molecule has 6 nitrogen and oxygen atoms in total. The van der Waals surface area contributed by atoms with E-state index in [2.05, 4.69) is 23.0 Å². The van der Waals surface area contributed by atoms with Crippen LogP contribution in [-0.4, -0.2) is 54.5 Å². The van der Waals surface area contributed by atoms with E-state index in [1.165, 1.54) is 4.90 Å². The minimum atomic E-state index is -0.532. The number of aromatic nitrogens is 1. The summed E-state index contributed by atoms with van der Waals surface area (Å²) in [7, 11) is 0. The molecule has 1 fully saturated rings. The van der Waals surface area contributed by atoms with E-state index in [4.69, 9.17) is 4.74 Å². The second-order valence-corrected chi connectivity index (χ2v) is 5.52. The number of amides is 1. The van der Waals surface area contributed by atoms with Gasteiger partial charge in [-0.05, 0) is 25.0 Å². The van der Waals surface area contributed by atoms with Crippen LogP contribution in [0.1, 0.15) is 23.2 Å². The molecule has 128 valence electrons. The Kier molecular flexibility index (Phi) is 6.54. The number of nitrogens with zero attached hydrogens (tertiary/aromatic N) is 3. The Morgan fingerprint density at radius 1 is 1.25 bits per heavy atom. The number of pyridine rings is 1. The van der Waals surface area contributed by atoms with Gasteiger partial charge in [0.2, 0.25) is 0 Å². The van der Waals surface area contributed by atoms with Gasteiger partial charge in [-0.15, -0.1) is 13.2 Å². The number of carbonyl (C=O) groups is 2. The van der Waals surface area contributed by atoms with Gasteiger partial charge >= 0.3 is 5.97 Å². The van der Waals surface area contributed by atoms with E-state index in [-0.39, 0.29) is 12.5 Å². The molecule has 0 atom stereocenters. The normalized spacial score (nSPS) is 13.4. The van der Waals surface area contributed by atoms with Crippen LogP contribution < -0.4 is 4.90 Å². The summed E-state index contributed by atoms with van der Waals surface area (Å²) in [4.78, 5) is 32.4. The average Bonchev–Trinajstić information content (AvgIpc) is 3.13. The fourth-order valence-electron chi connectivity index (χ4n) is 2.62. The highest BCUT2D eigenvalue weighted by atomic mass is 16.5. The van der Waals surface area contributed by atoms with Crippen LogP contribution in [-0.2, 0) is 9.53 Å². The summed E-state index contributed by atoms with van der Waals surface area (Å²) >= 11 is 0. The van der Waals surface area contributed by atoms with E-state index in [1.807, 2.05) is 0 Å². The largest absolute Gasteiger partial charge is 0.452 e. The lowest BCUT2D eigenvalue weighted by atomic mass is 10.2. The summed E-state index contributed by atoms with van der Waals surface area (Å²) in [6, 6.07) is 3.37. The van der Waals surface area contributed by atoms with E-state index < -0.39 is 5.97 Å². The zero-order valence-electron chi connectivity index (χ0n) is 13.8. The first-order valence-electron chi connectivity index (χ1n) is 8.04. The lowest BCUT2D eigenvalue weighted by molar-refractivity contribution is -0.133. The molecule has 1 aromatic heterocycles. The summed E-state index contributed by atoms with van der Waals surface area (Å²) in [5.74, 6) is -0.188. The SMILES string of the molecule is C=CCN(CC=C)C(=O)COC(=O)c1cccnc1N1CCCC1. The molecule has 0 aliphatic carbocycles. The number of anilines is 1. The summed E-state index contributed by atoms with van der Waals surface area (Å²) < 4.78 is 5.20. The van der Waals surface area contributed by atoms with E-state index in [0.717, 1.165) is 25.9 Å². The monoisotopic (exact) mass is 329 g/mol. The van der Waals surface area contributed by atoms with Gasteiger partial charge in [-0.25, -0.2) is 9.78 Å². The van der Waals surface area contributed by atoms with Gasteiger partial charge in [0.15, 0.2) is 6.61 Å². The van der Waals surface area contributed by atoms with Crippen LogP contribution in [0, 0.1) is 0 Å². The molecule has 1 aliphatic rings. The van der Waals surface area contributed by atoms with Gasteiger partial charge in [-0.3, -0.25) is 4.79 Å². The molecular formula is C18H23N3O3. The maximum absolute atomic E-state index is 12.4. The molecule has 6 heteroatoms. The highest BCUT2D eigenvalue weighted by Gasteiger charge is 2.22. The molecule has 0 unspecified atom stereocenters. The lowest BCUT2D eigenvalue weighted by Crippen LogP contribution is -2.35. The summed E-state index contributed by atoms with van der Waals surface area (Å²) in [5.41, 5.74) is 0.395. The van der Waals surface area contributed by atoms with Crippen molar-refractivity contribution in [3.05, 3.63) is 49.2 Å². The summed E-state index contributed by atoms with van der Waals surface area (Å²) in [6.45, 7) is 9.44. The maximum Gasteiger partial charge on any atom is 0.342 e. The third-order valence-electron chi connectivity index (χ3n) is 3.79. The predicted molar refractivity (Wildman–Crippen MR) is 92.9 cm³/mol. The fraction of sp³-hybridized carbons (Fsp3) is 0.389. The number of hydrogen-bond donors (Lipinski definition) is 0. The number of ether oxygens (including phenoxy) is 1. The number of esters is 1. The van der Waals surface area contributed by atoms with Crippen LogP contribution in [0.5, 0.6) is 0 Å². The Hall–Kier alpha value is -2.63. The molecule has 2 heterocycles. The van der Waals surface area contributed by atoms with Crippen molar-refractivity contribution in [1.82, 2.24) is 9.88 Å². The van der Waals surface area contributed by atoms with Crippen molar-refractivity contribution in [2.24, 2.45) is 0 Å². The molecule has 1 aromatic rings. The molecule has 0 aromatic carbocycles. The minimum absolute atomic E-state index is 0.283. The molecule has 1 saturated heterocycles. The van der Waals surface area contributed by atoms with Gasteiger partial charge in [0.25, 0.3) is 5.91 Å². The van der Waals surface area contributed by atoms with Gasteiger partial charge in [0, 0.05) is 32.4 Å². The quantitative estimate of drug-likeness (QED) is 0.539. The standard InChI is InChI=1S/C18H23N3O3/c1-3-10-20(11-4-2)16(22)14-24-18(23)15-8-7-9-19-17(15)21-12-5-6-13-21/h3-4,7-9H,1-2,5-6,10-14H2. The maximum atomic E-state index is 12.4. The van der Waals surface area contributed by atoms with Crippen molar-refractivity contribution in [2.45, 2.75) is 12.8 Å². The van der Waals surface area contributed by atoms with Gasteiger partial charge in [-0.2, -0.15) is 0 Å². The number of hydrogen-bond acceptors (Lipinski definition) is 5. The van der Waals surface area contributed by atoms with Crippen LogP contribution in [0.15, 0.2) is 43.6 Å². The van der Waals surface area contributed by atoms with Crippen LogP contribution in [0.2, 0.25) is 0 Å². The van der Waals surface area contributed by atoms with Crippen molar-refractivity contribution < 1.29 is 14.3 Å². The lowest BCUT2D eigenvalue weighted by Gasteiger charge is -2.20. The van der Waals surface area contributed by atoms with Crippen molar-refractivity contribution in [3.8, 4) is 0 Å². The van der Waals surface area contributed by atoms with Crippen molar-refractivity contribution >= 4 is 17.7 Å². The smallest absolute Gasteiger partial charge is 0.342 e. The second kappa shape index (κ2) is 8.86. The van der Waals surface area contributed by atoms with Crippen molar-refractivity contribution in [2.75, 3.05) is 37.7 Å². The topological polar surface area (TPSA) is 62.7 Å². The van der Waals surface area contributed by atoms with E-state index in [9.17, 15) is 9.59 Å². The summed E-state index contributed by atoms with van der Waals surface area (Å²) in [5, 5.41) is 0. The van der Waals surface area contributed by atoms with Gasteiger partial charge < -0.3 is 14.5 Å². The fourth-order valence-corrected chi connectivity index (χ4v) is 2.62. The Labute approximate surface area is 142 Å². The van der Waals surface area contributed by atoms with Crippen LogP contribution in [0.3, 0.4) is 0 Å². The van der Waals surface area contributed by atoms with Gasteiger partial charge in [0.1, 0.15) is 11.4 Å². The third kappa shape index (κ3) is 4.44. The number of rotatable bonds is 8. The molecule has 0 radical (unpaired) electrons. The predicted octanol–water partition coefficient (Wildman–Crippen LogP) is 2.04. The first-order chi connectivity index (χ1) is 11.7. The first-order valence-corrected chi connectivity index (χ1v) is 8.04. The number of carbonyl (C=O) groups excluding carboxylic acids is 2. The van der Waals surface area contributed by atoms with Crippen LogP contribution in [0.25, 0.3) is 0 Å². The van der Waals surface area contributed by atoms with Crippen molar-refractivity contribution in [1.29, 1.82) is 0 Å². The molecule has 0 saturated carbocycles. The zero-order valence-corrected chi connectivity index (χ0v) is 13.8. The molecule has 2 rings (SSSR count). The molecule has 1 amide bonds. The van der Waals surface area contributed by atoms with Gasteiger partial charge in [-0.1, -0.05) is 12.2 Å². The third-order valence-corrected chi connectivity index (χ3v) is 3.79. The molecule has 0 spiro atoms. The molecule has 0 N–H and O–H groups in total. The summed E-state index contributed by atoms with van der Waals surface area (Å²) in [6.07, 6.45) is 7.07. The molecule has 0 bridgehead atoms. The second-order valence-electron chi connectivity index (χ2n) is 5.52. The highest BCUT2D eigenvalue weighted by Crippen LogP contribution is 2.22. The van der Waals surface area contributed by atoms with Crippen LogP contribution >= 0.6 is 0 Å². The highest BCUT2D eigenvalue weighted by molar-refractivity contribution is 5.96. The Morgan fingerprint density at radius 3 is 2.54 bits per heavy atom. The van der Waals surface area contributed by atoms with Gasteiger partial charge in [0.05, 0.1) is 0 Å². The Balaban J connectivity index is 2.01. The Bertz CT molecular complexity index is 599. The van der Waals surface area contributed by atoms with Crippen molar-refractivity contribution in [3.63, 3.8) is 0 Å². The minimum Gasteiger partial charge on any atom is -0.452 e. The zero-order chi connectivity index (χ0) is 17.4. The molecule has 1 aliphatic heterocycles. The molecular weight excluding hydrogens is 306 g/mol.